The van der Waals surface area contributed by atoms with Crippen molar-refractivity contribution in [3.63, 3.8) is 0 Å². The Balaban J connectivity index is 2.46. The van der Waals surface area contributed by atoms with Gasteiger partial charge >= 0.3 is 5.97 Å². The summed E-state index contributed by atoms with van der Waals surface area (Å²) in [4.78, 5) is 22.7. The Morgan fingerprint density at radius 3 is 3.00 bits per heavy atom. The van der Waals surface area contributed by atoms with E-state index in [1.54, 1.807) is 11.4 Å². The van der Waals surface area contributed by atoms with E-state index in [2.05, 4.69) is 5.32 Å². The van der Waals surface area contributed by atoms with Crippen molar-refractivity contribution in [1.82, 2.24) is 5.32 Å². The molecule has 98 valence electrons. The van der Waals surface area contributed by atoms with Crippen LogP contribution in [-0.4, -0.2) is 36.7 Å². The first-order chi connectivity index (χ1) is 8.63. The molecule has 0 aliphatic heterocycles. The number of aliphatic carboxylic acids is 1. The summed E-state index contributed by atoms with van der Waals surface area (Å²) in [6, 6.07) is 1.65. The minimum Gasteiger partial charge on any atom is -0.478 e. The molecule has 0 unspecified atom stereocenters. The van der Waals surface area contributed by atoms with Gasteiger partial charge in [-0.3, -0.25) is 4.79 Å². The molecule has 0 aliphatic carbocycles. The normalized spacial score (nSPS) is 10.7. The van der Waals surface area contributed by atoms with Gasteiger partial charge < -0.3 is 15.2 Å². The van der Waals surface area contributed by atoms with E-state index < -0.39 is 5.97 Å². The van der Waals surface area contributed by atoms with E-state index in [0.29, 0.717) is 25.3 Å². The van der Waals surface area contributed by atoms with Crippen LogP contribution in [0.3, 0.4) is 0 Å². The minimum absolute atomic E-state index is 0.180. The molecule has 18 heavy (non-hydrogen) atoms. The van der Waals surface area contributed by atoms with Crippen LogP contribution in [0.15, 0.2) is 17.5 Å². The zero-order chi connectivity index (χ0) is 13.4. The van der Waals surface area contributed by atoms with Gasteiger partial charge in [0.1, 0.15) is 0 Å². The van der Waals surface area contributed by atoms with Crippen molar-refractivity contribution in [2.45, 2.75) is 6.92 Å². The van der Waals surface area contributed by atoms with Crippen LogP contribution in [0.1, 0.15) is 22.2 Å². The van der Waals surface area contributed by atoms with Crippen molar-refractivity contribution < 1.29 is 19.4 Å². The predicted octanol–water partition coefficient (Wildman–Crippen LogP) is 1.61. The van der Waals surface area contributed by atoms with E-state index in [1.165, 1.54) is 17.4 Å². The van der Waals surface area contributed by atoms with Gasteiger partial charge in [-0.1, -0.05) is 0 Å². The Morgan fingerprint density at radius 2 is 2.33 bits per heavy atom. The fourth-order valence-corrected chi connectivity index (χ4v) is 1.98. The second-order valence-corrected chi connectivity index (χ2v) is 4.30. The first-order valence-electron chi connectivity index (χ1n) is 5.49. The molecule has 0 aliphatic rings. The lowest BCUT2D eigenvalue weighted by molar-refractivity contribution is -0.131. The maximum absolute atomic E-state index is 11.7. The monoisotopic (exact) mass is 269 g/mol. The molecule has 0 atom stereocenters. The lowest BCUT2D eigenvalue weighted by Crippen LogP contribution is -2.26. The molecule has 0 aromatic carbocycles. The van der Waals surface area contributed by atoms with Gasteiger partial charge in [0.25, 0.3) is 5.91 Å². The third-order valence-corrected chi connectivity index (χ3v) is 2.91. The number of hydrogen-bond acceptors (Lipinski definition) is 4. The van der Waals surface area contributed by atoms with Crippen molar-refractivity contribution in [3.8, 4) is 0 Å². The van der Waals surface area contributed by atoms with Gasteiger partial charge in [0.15, 0.2) is 0 Å². The largest absolute Gasteiger partial charge is 0.478 e. The number of rotatable bonds is 7. The van der Waals surface area contributed by atoms with E-state index >= 15 is 0 Å². The lowest BCUT2D eigenvalue weighted by atomic mass is 10.3. The average Bonchev–Trinajstić information content (AvgIpc) is 2.80. The van der Waals surface area contributed by atoms with Crippen molar-refractivity contribution in [3.05, 3.63) is 28.0 Å². The first kappa shape index (κ1) is 14.4. The van der Waals surface area contributed by atoms with Crippen LogP contribution < -0.4 is 5.32 Å². The third kappa shape index (κ3) is 5.11. The van der Waals surface area contributed by atoms with Gasteiger partial charge in [0, 0.05) is 29.5 Å². The van der Waals surface area contributed by atoms with Gasteiger partial charge in [-0.15, -0.1) is 11.3 Å². The van der Waals surface area contributed by atoms with Crippen molar-refractivity contribution in [2.75, 3.05) is 19.8 Å². The maximum atomic E-state index is 11.7. The fraction of sp³-hybridized carbons (Fsp3) is 0.333. The number of thiophene rings is 1. The van der Waals surface area contributed by atoms with E-state index in [9.17, 15) is 9.59 Å². The maximum Gasteiger partial charge on any atom is 0.328 e. The molecule has 2 N–H and O–H groups in total. The van der Waals surface area contributed by atoms with Crippen LogP contribution in [0, 0.1) is 0 Å². The van der Waals surface area contributed by atoms with Crippen LogP contribution >= 0.6 is 11.3 Å². The molecule has 0 bridgehead atoms. The molecule has 6 heteroatoms. The van der Waals surface area contributed by atoms with Crippen LogP contribution in [-0.2, 0) is 9.53 Å². The number of carbonyl (C=O) groups is 2. The molecular formula is C12H15NO4S. The highest BCUT2D eigenvalue weighted by Crippen LogP contribution is 2.16. The summed E-state index contributed by atoms with van der Waals surface area (Å²) in [7, 11) is 0. The zero-order valence-electron chi connectivity index (χ0n) is 10.0. The Hall–Kier alpha value is -1.66. The highest BCUT2D eigenvalue weighted by molar-refractivity contribution is 7.11. The van der Waals surface area contributed by atoms with E-state index in [0.717, 1.165) is 11.0 Å². The molecule has 0 saturated carbocycles. The number of hydrogen-bond donors (Lipinski definition) is 2. The number of carboxylic acids is 1. The topological polar surface area (TPSA) is 75.6 Å². The minimum atomic E-state index is -1.01. The number of ether oxygens (including phenoxy) is 1. The van der Waals surface area contributed by atoms with E-state index in [-0.39, 0.29) is 5.91 Å². The highest BCUT2D eigenvalue weighted by atomic mass is 32.1. The van der Waals surface area contributed by atoms with Crippen LogP contribution in [0.2, 0.25) is 0 Å². The predicted molar refractivity (Wildman–Crippen MR) is 69.8 cm³/mol. The summed E-state index contributed by atoms with van der Waals surface area (Å²) in [6.45, 7) is 3.46. The molecule has 1 aromatic heterocycles. The van der Waals surface area contributed by atoms with Crippen molar-refractivity contribution in [1.29, 1.82) is 0 Å². The van der Waals surface area contributed by atoms with E-state index in [1.807, 2.05) is 6.92 Å². The summed E-state index contributed by atoms with van der Waals surface area (Å²) < 4.78 is 5.10. The Morgan fingerprint density at radius 1 is 1.56 bits per heavy atom. The second kappa shape index (κ2) is 7.62. The van der Waals surface area contributed by atoms with Gasteiger partial charge in [0.2, 0.25) is 0 Å². The average molecular weight is 269 g/mol. The molecular weight excluding hydrogens is 254 g/mol. The van der Waals surface area contributed by atoms with Crippen molar-refractivity contribution >= 4 is 29.3 Å². The molecule has 1 heterocycles. The molecule has 5 nitrogen and oxygen atoms in total. The first-order valence-corrected chi connectivity index (χ1v) is 6.37. The van der Waals surface area contributed by atoms with Crippen molar-refractivity contribution in [2.24, 2.45) is 0 Å². The molecule has 0 saturated heterocycles. The number of carbonyl (C=O) groups excluding carboxylic acids is 1. The highest BCUT2D eigenvalue weighted by Gasteiger charge is 2.06. The Kier molecular flexibility index (Phi) is 6.10. The third-order valence-electron chi connectivity index (χ3n) is 2.01. The molecule has 1 rings (SSSR count). The van der Waals surface area contributed by atoms with Crippen LogP contribution in [0.4, 0.5) is 0 Å². The van der Waals surface area contributed by atoms with Gasteiger partial charge in [-0.2, -0.15) is 0 Å². The smallest absolute Gasteiger partial charge is 0.328 e. The summed E-state index contributed by atoms with van der Waals surface area (Å²) in [5.74, 6) is -1.19. The molecule has 0 fully saturated rings. The van der Waals surface area contributed by atoms with Crippen LogP contribution in [0.5, 0.6) is 0 Å². The summed E-state index contributed by atoms with van der Waals surface area (Å²) in [5.41, 5.74) is 0.529. The summed E-state index contributed by atoms with van der Waals surface area (Å²) in [5, 5.41) is 12.9. The number of carboxylic acid groups (broad SMARTS) is 1. The van der Waals surface area contributed by atoms with Crippen LogP contribution in [0.25, 0.3) is 6.08 Å². The second-order valence-electron chi connectivity index (χ2n) is 3.36. The summed E-state index contributed by atoms with van der Waals surface area (Å²) in [6.07, 6.45) is 2.51. The SMILES string of the molecule is CCOCCNC(=O)c1csc(C=CC(=O)O)c1. The van der Waals surface area contributed by atoms with Gasteiger partial charge in [0.05, 0.1) is 12.2 Å². The molecule has 1 amide bonds. The number of nitrogens with one attached hydrogen (secondary N) is 1. The molecule has 1 aromatic rings. The standard InChI is InChI=1S/C12H15NO4S/c1-2-17-6-5-13-12(16)9-7-10(18-8-9)3-4-11(14)15/h3-4,7-8H,2,5-6H2,1H3,(H,13,16)(H,14,15). The van der Waals surface area contributed by atoms with E-state index in [4.69, 9.17) is 9.84 Å². The fourth-order valence-electron chi connectivity index (χ4n) is 1.20. The van der Waals surface area contributed by atoms with Gasteiger partial charge in [-0.05, 0) is 19.1 Å². The molecule has 0 spiro atoms. The zero-order valence-corrected chi connectivity index (χ0v) is 10.8. The Labute approximate surface area is 109 Å². The lowest BCUT2D eigenvalue weighted by Gasteiger charge is -2.03. The Bertz CT molecular complexity index is 439. The quantitative estimate of drug-likeness (QED) is 0.582. The number of amides is 1. The molecule has 0 radical (unpaired) electrons. The van der Waals surface area contributed by atoms with Gasteiger partial charge in [-0.25, -0.2) is 4.79 Å². The summed E-state index contributed by atoms with van der Waals surface area (Å²) >= 11 is 1.32.